The maximum atomic E-state index is 9.19. The predicted octanol–water partition coefficient (Wildman–Crippen LogP) is 1.37. The molecule has 0 spiro atoms. The third kappa shape index (κ3) is 6.93. The van der Waals surface area contributed by atoms with Gasteiger partial charge in [-0.25, -0.2) is 0 Å². The van der Waals surface area contributed by atoms with E-state index >= 15 is 0 Å². The monoisotopic (exact) mass is 270 g/mol. The third-order valence-corrected chi connectivity index (χ3v) is 2.17. The van der Waals surface area contributed by atoms with Crippen molar-refractivity contribution < 1.29 is 13.0 Å². The minimum atomic E-state index is -3.67. The zero-order chi connectivity index (χ0) is 13.6. The van der Waals surface area contributed by atoms with Crippen molar-refractivity contribution in [2.24, 2.45) is 0 Å². The Morgan fingerprint density at radius 2 is 1.78 bits per heavy atom. The normalized spacial score (nSPS) is 14.4. The highest BCUT2D eigenvalue weighted by molar-refractivity contribution is 7.85. The molecule has 0 saturated heterocycles. The summed E-state index contributed by atoms with van der Waals surface area (Å²) in [5, 5.41) is 0. The molecular weight excluding hydrogens is 252 g/mol. The lowest BCUT2D eigenvalue weighted by atomic mass is 10.2. The lowest BCUT2D eigenvalue weighted by molar-refractivity contribution is 0.291. The molecule has 100 valence electrons. The summed E-state index contributed by atoms with van der Waals surface area (Å²) in [6, 6.07) is 10.5. The van der Waals surface area contributed by atoms with Gasteiger partial charge in [0, 0.05) is 26.0 Å². The van der Waals surface area contributed by atoms with Crippen LogP contribution < -0.4 is 0 Å². The molecule has 0 fully saturated rings. The van der Waals surface area contributed by atoms with E-state index in [1.54, 1.807) is 0 Å². The largest absolute Gasteiger partial charge is 0.362 e. The summed E-state index contributed by atoms with van der Waals surface area (Å²) in [4.78, 5) is 4.46. The van der Waals surface area contributed by atoms with Gasteiger partial charge in [0.15, 0.2) is 0 Å². The van der Waals surface area contributed by atoms with Gasteiger partial charge in [0.05, 0.1) is 12.9 Å². The second kappa shape index (κ2) is 6.42. The Kier molecular flexibility index (Phi) is 5.18. The van der Waals surface area contributed by atoms with Gasteiger partial charge in [-0.2, -0.15) is 8.42 Å². The summed E-state index contributed by atoms with van der Waals surface area (Å²) in [6.07, 6.45) is 4.95. The van der Waals surface area contributed by atoms with Gasteiger partial charge in [-0.1, -0.05) is 30.3 Å². The van der Waals surface area contributed by atoms with Crippen LogP contribution in [0, 0.1) is 0 Å². The van der Waals surface area contributed by atoms with Crippen molar-refractivity contribution in [2.75, 3.05) is 20.0 Å². The zero-order valence-corrected chi connectivity index (χ0v) is 11.3. The summed E-state index contributed by atoms with van der Waals surface area (Å²) in [7, 11) is -1.58. The fourth-order valence-corrected chi connectivity index (χ4v) is 1.51. The quantitative estimate of drug-likeness (QED) is 0.822. The average Bonchev–Trinajstić information content (AvgIpc) is 2.63. The maximum absolute atomic E-state index is 9.19. The maximum Gasteiger partial charge on any atom is 0.261 e. The SMILES string of the molecule is CN1C=CN(Cc2ccccc2)C1.CS(=O)(=O)O. The average molecular weight is 270 g/mol. The first kappa shape index (κ1) is 14.5. The fourth-order valence-electron chi connectivity index (χ4n) is 1.51. The number of benzene rings is 1. The molecule has 1 aliphatic rings. The van der Waals surface area contributed by atoms with Crippen LogP contribution in [0.1, 0.15) is 5.56 Å². The van der Waals surface area contributed by atoms with E-state index < -0.39 is 10.1 Å². The van der Waals surface area contributed by atoms with Gasteiger partial charge < -0.3 is 9.80 Å². The van der Waals surface area contributed by atoms with Gasteiger partial charge in [0.25, 0.3) is 10.1 Å². The molecule has 1 N–H and O–H groups in total. The Morgan fingerprint density at radius 1 is 1.22 bits per heavy atom. The number of nitrogens with zero attached hydrogens (tertiary/aromatic N) is 2. The standard InChI is InChI=1S/C11H14N2.CH4O3S/c1-12-7-8-13(10-12)9-11-5-3-2-4-6-11;1-5(2,3)4/h2-8H,9-10H2,1H3;1H3,(H,2,3,4). The Morgan fingerprint density at radius 3 is 2.22 bits per heavy atom. The number of hydrogen-bond acceptors (Lipinski definition) is 4. The Hall–Kier alpha value is -1.53. The molecule has 1 aromatic carbocycles. The molecule has 1 heterocycles. The van der Waals surface area contributed by atoms with E-state index in [-0.39, 0.29) is 0 Å². The van der Waals surface area contributed by atoms with Crippen LogP contribution in [0.25, 0.3) is 0 Å². The highest BCUT2D eigenvalue weighted by atomic mass is 32.2. The first-order valence-corrected chi connectivity index (χ1v) is 7.28. The van der Waals surface area contributed by atoms with Crippen LogP contribution in [-0.2, 0) is 16.7 Å². The zero-order valence-electron chi connectivity index (χ0n) is 10.5. The molecule has 1 aromatic rings. The second-order valence-corrected chi connectivity index (χ2v) is 5.63. The Balaban J connectivity index is 0.000000280. The van der Waals surface area contributed by atoms with Crippen molar-refractivity contribution in [3.05, 3.63) is 48.3 Å². The van der Waals surface area contributed by atoms with Gasteiger partial charge in [-0.05, 0) is 5.56 Å². The molecule has 0 bridgehead atoms. The second-order valence-electron chi connectivity index (χ2n) is 4.16. The van der Waals surface area contributed by atoms with Gasteiger partial charge in [-0.15, -0.1) is 0 Å². The minimum Gasteiger partial charge on any atom is -0.362 e. The van der Waals surface area contributed by atoms with E-state index in [0.717, 1.165) is 13.2 Å². The van der Waals surface area contributed by atoms with Crippen molar-refractivity contribution in [1.29, 1.82) is 0 Å². The van der Waals surface area contributed by atoms with Crippen LogP contribution in [0.4, 0.5) is 0 Å². The van der Waals surface area contributed by atoms with Gasteiger partial charge in [0.2, 0.25) is 0 Å². The summed E-state index contributed by atoms with van der Waals surface area (Å²) in [5.41, 5.74) is 1.36. The van der Waals surface area contributed by atoms with E-state index in [1.807, 2.05) is 0 Å². The van der Waals surface area contributed by atoms with Crippen LogP contribution in [0.2, 0.25) is 0 Å². The predicted molar refractivity (Wildman–Crippen MR) is 71.2 cm³/mol. The molecule has 6 heteroatoms. The number of hydrogen-bond donors (Lipinski definition) is 1. The first-order valence-electron chi connectivity index (χ1n) is 5.43. The van der Waals surface area contributed by atoms with Crippen LogP contribution in [-0.4, -0.2) is 42.7 Å². The summed E-state index contributed by atoms with van der Waals surface area (Å²) in [5.74, 6) is 0. The Labute approximate surface area is 108 Å². The van der Waals surface area contributed by atoms with Crippen molar-refractivity contribution in [3.63, 3.8) is 0 Å². The Bertz CT molecular complexity index is 477. The molecular formula is C12H18N2O3S. The van der Waals surface area contributed by atoms with E-state index in [9.17, 15) is 8.42 Å². The van der Waals surface area contributed by atoms with E-state index in [0.29, 0.717) is 6.26 Å². The smallest absolute Gasteiger partial charge is 0.261 e. The van der Waals surface area contributed by atoms with E-state index in [2.05, 4.69) is 59.6 Å². The summed E-state index contributed by atoms with van der Waals surface area (Å²) < 4.78 is 25.9. The van der Waals surface area contributed by atoms with E-state index in [4.69, 9.17) is 4.55 Å². The molecule has 18 heavy (non-hydrogen) atoms. The van der Waals surface area contributed by atoms with Gasteiger partial charge in [-0.3, -0.25) is 4.55 Å². The lowest BCUT2D eigenvalue weighted by Gasteiger charge is -2.17. The molecule has 0 amide bonds. The molecule has 0 atom stereocenters. The number of rotatable bonds is 2. The van der Waals surface area contributed by atoms with E-state index in [1.165, 1.54) is 5.56 Å². The molecule has 0 saturated carbocycles. The van der Waals surface area contributed by atoms with Crippen LogP contribution in [0.15, 0.2) is 42.7 Å². The van der Waals surface area contributed by atoms with Crippen LogP contribution in [0.5, 0.6) is 0 Å². The lowest BCUT2D eigenvalue weighted by Crippen LogP contribution is -2.21. The molecule has 5 nitrogen and oxygen atoms in total. The highest BCUT2D eigenvalue weighted by Gasteiger charge is 2.07. The van der Waals surface area contributed by atoms with Crippen molar-refractivity contribution >= 4 is 10.1 Å². The molecule has 1 aliphatic heterocycles. The molecule has 0 unspecified atom stereocenters. The molecule has 0 aliphatic carbocycles. The summed E-state index contributed by atoms with van der Waals surface area (Å²) >= 11 is 0. The van der Waals surface area contributed by atoms with Crippen molar-refractivity contribution in [2.45, 2.75) is 6.54 Å². The minimum absolute atomic E-state index is 0.715. The van der Waals surface area contributed by atoms with Crippen molar-refractivity contribution in [3.8, 4) is 0 Å². The summed E-state index contributed by atoms with van der Waals surface area (Å²) in [6.45, 7) is 2.00. The van der Waals surface area contributed by atoms with Gasteiger partial charge >= 0.3 is 0 Å². The fraction of sp³-hybridized carbons (Fsp3) is 0.333. The first-order chi connectivity index (χ1) is 8.34. The van der Waals surface area contributed by atoms with Crippen molar-refractivity contribution in [1.82, 2.24) is 9.80 Å². The van der Waals surface area contributed by atoms with Crippen LogP contribution >= 0.6 is 0 Å². The van der Waals surface area contributed by atoms with Crippen LogP contribution in [0.3, 0.4) is 0 Å². The third-order valence-electron chi connectivity index (χ3n) is 2.17. The molecule has 2 rings (SSSR count). The highest BCUT2D eigenvalue weighted by Crippen LogP contribution is 2.09. The molecule has 0 aromatic heterocycles. The topological polar surface area (TPSA) is 60.9 Å². The molecule has 0 radical (unpaired) electrons. The van der Waals surface area contributed by atoms with Gasteiger partial charge in [0.1, 0.15) is 0 Å².